The van der Waals surface area contributed by atoms with Crippen LogP contribution < -0.4 is 9.64 Å². The molecule has 0 saturated heterocycles. The molecule has 1 aromatic heterocycles. The van der Waals surface area contributed by atoms with Crippen molar-refractivity contribution in [2.45, 2.75) is 27.7 Å². The number of rotatable bonds is 8. The lowest BCUT2D eigenvalue weighted by Gasteiger charge is -2.25. The van der Waals surface area contributed by atoms with Crippen LogP contribution in [0, 0.1) is 13.8 Å². The number of para-hydroxylation sites is 1. The monoisotopic (exact) mass is 447 g/mol. The van der Waals surface area contributed by atoms with Gasteiger partial charge in [-0.1, -0.05) is 37.3 Å². The number of halogens is 1. The van der Waals surface area contributed by atoms with Crippen molar-refractivity contribution in [1.82, 2.24) is 9.88 Å². The Hall–Kier alpha value is -2.15. The minimum atomic E-state index is -0.0814. The van der Waals surface area contributed by atoms with Gasteiger partial charge in [0.2, 0.25) is 0 Å². The molecule has 2 aromatic carbocycles. The predicted octanol–water partition coefficient (Wildman–Crippen LogP) is 5.33. The van der Waals surface area contributed by atoms with Crippen LogP contribution in [0.25, 0.3) is 10.2 Å². The summed E-state index contributed by atoms with van der Waals surface area (Å²) in [6.45, 7) is 11.7. The van der Waals surface area contributed by atoms with Crippen molar-refractivity contribution in [1.29, 1.82) is 0 Å². The van der Waals surface area contributed by atoms with Crippen molar-refractivity contribution in [3.63, 3.8) is 0 Å². The van der Waals surface area contributed by atoms with E-state index in [-0.39, 0.29) is 18.3 Å². The van der Waals surface area contributed by atoms with Gasteiger partial charge >= 0.3 is 0 Å². The van der Waals surface area contributed by atoms with Crippen LogP contribution in [0.5, 0.6) is 5.75 Å². The molecule has 0 saturated carbocycles. The number of carbonyl (C=O) groups excluding carboxylic acids is 1. The number of benzene rings is 2. The zero-order chi connectivity index (χ0) is 21.0. The van der Waals surface area contributed by atoms with Crippen molar-refractivity contribution in [3.05, 3.63) is 53.1 Å². The number of hydrogen-bond donors (Lipinski definition) is 0. The van der Waals surface area contributed by atoms with E-state index in [1.54, 1.807) is 23.3 Å². The Labute approximate surface area is 189 Å². The fourth-order valence-corrected chi connectivity index (χ4v) is 4.39. The maximum atomic E-state index is 13.5. The Kier molecular flexibility index (Phi) is 8.65. The SMILES string of the molecule is CCN(CC)CCN(C(=O)c1ccccc1OC)c1nc2cc(C)c(C)cc2s1.Cl. The minimum absolute atomic E-state index is 0. The van der Waals surface area contributed by atoms with E-state index in [9.17, 15) is 4.79 Å². The first kappa shape index (κ1) is 24.1. The van der Waals surface area contributed by atoms with E-state index in [1.165, 1.54) is 11.1 Å². The van der Waals surface area contributed by atoms with Crippen LogP contribution in [-0.2, 0) is 0 Å². The van der Waals surface area contributed by atoms with Gasteiger partial charge in [0.05, 0.1) is 22.9 Å². The number of nitrogens with zero attached hydrogens (tertiary/aromatic N) is 3. The molecule has 5 nitrogen and oxygen atoms in total. The summed E-state index contributed by atoms with van der Waals surface area (Å²) in [5, 5.41) is 0.730. The molecule has 0 N–H and O–H groups in total. The van der Waals surface area contributed by atoms with Crippen LogP contribution in [0.4, 0.5) is 5.13 Å². The van der Waals surface area contributed by atoms with E-state index in [0.717, 1.165) is 35.0 Å². The smallest absolute Gasteiger partial charge is 0.263 e. The zero-order valence-corrected chi connectivity index (χ0v) is 19.9. The molecule has 0 aliphatic heterocycles. The number of amides is 1. The first-order valence-electron chi connectivity index (χ1n) is 10.0. The van der Waals surface area contributed by atoms with Crippen molar-refractivity contribution >= 4 is 45.0 Å². The summed E-state index contributed by atoms with van der Waals surface area (Å²) < 4.78 is 6.54. The molecular weight excluding hydrogens is 418 g/mol. The van der Waals surface area contributed by atoms with E-state index in [0.29, 0.717) is 17.9 Å². The van der Waals surface area contributed by atoms with E-state index in [4.69, 9.17) is 9.72 Å². The molecule has 0 aliphatic carbocycles. The molecule has 162 valence electrons. The van der Waals surface area contributed by atoms with Crippen molar-refractivity contribution in [3.8, 4) is 5.75 Å². The highest BCUT2D eigenvalue weighted by Crippen LogP contribution is 2.32. The highest BCUT2D eigenvalue weighted by molar-refractivity contribution is 7.22. The number of likely N-dealkylation sites (N-methyl/N-ethyl adjacent to an activating group) is 1. The number of fused-ring (bicyclic) bond motifs is 1. The summed E-state index contributed by atoms with van der Waals surface area (Å²) in [4.78, 5) is 22.4. The molecule has 7 heteroatoms. The lowest BCUT2D eigenvalue weighted by Crippen LogP contribution is -2.39. The van der Waals surface area contributed by atoms with Crippen LogP contribution in [0.15, 0.2) is 36.4 Å². The number of carbonyl (C=O) groups is 1. The van der Waals surface area contributed by atoms with E-state index < -0.39 is 0 Å². The second-order valence-corrected chi connectivity index (χ2v) is 8.09. The van der Waals surface area contributed by atoms with Crippen molar-refractivity contribution in [2.24, 2.45) is 0 Å². The van der Waals surface area contributed by atoms with Crippen LogP contribution in [0.1, 0.15) is 35.3 Å². The Morgan fingerprint density at radius 2 is 1.73 bits per heavy atom. The van der Waals surface area contributed by atoms with Crippen molar-refractivity contribution in [2.75, 3.05) is 38.2 Å². The van der Waals surface area contributed by atoms with Gasteiger partial charge in [-0.05, 0) is 62.3 Å². The van der Waals surface area contributed by atoms with E-state index in [1.807, 2.05) is 24.3 Å². The van der Waals surface area contributed by atoms with E-state index in [2.05, 4.69) is 44.7 Å². The molecule has 0 unspecified atom stereocenters. The topological polar surface area (TPSA) is 45.7 Å². The average molecular weight is 448 g/mol. The number of aromatic nitrogens is 1. The molecule has 30 heavy (non-hydrogen) atoms. The summed E-state index contributed by atoms with van der Waals surface area (Å²) in [6, 6.07) is 11.6. The Morgan fingerprint density at radius 3 is 2.40 bits per heavy atom. The number of anilines is 1. The second-order valence-electron chi connectivity index (χ2n) is 7.08. The third kappa shape index (κ3) is 5.12. The van der Waals surface area contributed by atoms with Gasteiger partial charge < -0.3 is 9.64 Å². The summed E-state index contributed by atoms with van der Waals surface area (Å²) in [5.74, 6) is 0.500. The molecule has 3 aromatic rings. The summed E-state index contributed by atoms with van der Waals surface area (Å²) in [7, 11) is 1.59. The van der Waals surface area contributed by atoms with Crippen LogP contribution in [0.2, 0.25) is 0 Å². The minimum Gasteiger partial charge on any atom is -0.496 e. The van der Waals surface area contributed by atoms with Crippen molar-refractivity contribution < 1.29 is 9.53 Å². The molecule has 0 fully saturated rings. The third-order valence-corrected chi connectivity index (χ3v) is 6.38. The largest absolute Gasteiger partial charge is 0.496 e. The van der Waals surface area contributed by atoms with Gasteiger partial charge in [-0.25, -0.2) is 4.98 Å². The first-order chi connectivity index (χ1) is 14.0. The maximum absolute atomic E-state index is 13.5. The Balaban J connectivity index is 0.00000320. The number of thiazole rings is 1. The maximum Gasteiger partial charge on any atom is 0.263 e. The normalized spacial score (nSPS) is 10.9. The predicted molar refractivity (Wildman–Crippen MR) is 129 cm³/mol. The van der Waals surface area contributed by atoms with Gasteiger partial charge in [0.1, 0.15) is 5.75 Å². The molecule has 0 atom stereocenters. The third-order valence-electron chi connectivity index (χ3n) is 5.34. The fraction of sp³-hybridized carbons (Fsp3) is 0.391. The molecule has 3 rings (SSSR count). The number of aryl methyl sites for hydroxylation is 2. The van der Waals surface area contributed by atoms with Gasteiger partial charge in [-0.3, -0.25) is 9.69 Å². The zero-order valence-electron chi connectivity index (χ0n) is 18.3. The van der Waals surface area contributed by atoms with Gasteiger partial charge in [-0.15, -0.1) is 12.4 Å². The van der Waals surface area contributed by atoms with Gasteiger partial charge in [0, 0.05) is 13.1 Å². The van der Waals surface area contributed by atoms with Gasteiger partial charge in [0.15, 0.2) is 5.13 Å². The molecule has 0 spiro atoms. The Bertz CT molecular complexity index is 962. The standard InChI is InChI=1S/C23H29N3O2S.ClH/c1-6-25(7-2)12-13-26(22(27)18-10-8-9-11-20(18)28-5)23-24-19-14-16(3)17(4)15-21(19)29-23;/h8-11,14-15H,6-7,12-13H2,1-5H3;1H. The molecule has 0 aliphatic rings. The first-order valence-corrected chi connectivity index (χ1v) is 10.8. The number of hydrogen-bond acceptors (Lipinski definition) is 5. The lowest BCUT2D eigenvalue weighted by molar-refractivity contribution is 0.0981. The van der Waals surface area contributed by atoms with Crippen LogP contribution in [0.3, 0.4) is 0 Å². The molecule has 0 bridgehead atoms. The number of ether oxygens (including phenoxy) is 1. The molecular formula is C23H30ClN3O2S. The van der Waals surface area contributed by atoms with Crippen LogP contribution in [-0.4, -0.2) is 49.1 Å². The molecule has 0 radical (unpaired) electrons. The highest BCUT2D eigenvalue weighted by atomic mass is 35.5. The second kappa shape index (κ2) is 10.8. The highest BCUT2D eigenvalue weighted by Gasteiger charge is 2.24. The lowest BCUT2D eigenvalue weighted by atomic mass is 10.1. The fourth-order valence-electron chi connectivity index (χ4n) is 3.32. The van der Waals surface area contributed by atoms with Crippen LogP contribution >= 0.6 is 23.7 Å². The number of methoxy groups -OCH3 is 1. The summed E-state index contributed by atoms with van der Waals surface area (Å²) >= 11 is 1.57. The quantitative estimate of drug-likeness (QED) is 0.468. The average Bonchev–Trinajstić information content (AvgIpc) is 3.13. The van der Waals surface area contributed by atoms with Gasteiger partial charge in [0.25, 0.3) is 5.91 Å². The van der Waals surface area contributed by atoms with E-state index >= 15 is 0 Å². The summed E-state index contributed by atoms with van der Waals surface area (Å²) in [5.41, 5.74) is 3.94. The van der Waals surface area contributed by atoms with Gasteiger partial charge in [-0.2, -0.15) is 0 Å². The summed E-state index contributed by atoms with van der Waals surface area (Å²) in [6.07, 6.45) is 0. The Morgan fingerprint density at radius 1 is 1.07 bits per heavy atom. The molecule has 1 heterocycles. The molecule has 1 amide bonds.